The summed E-state index contributed by atoms with van der Waals surface area (Å²) < 4.78 is 0. The SMILES string of the molecule is C=CCN(C/C=C(/C)CCC=C(C)C)C(=O)C(C)(C)C. The zero-order chi connectivity index (χ0) is 15.8. The molecule has 0 unspecified atom stereocenters. The molecular weight excluding hydrogens is 246 g/mol. The molecule has 0 N–H and O–H groups in total. The molecule has 114 valence electrons. The summed E-state index contributed by atoms with van der Waals surface area (Å²) in [6.45, 7) is 17.2. The maximum atomic E-state index is 12.3. The average molecular weight is 277 g/mol. The number of nitrogens with zero attached hydrogens (tertiary/aromatic N) is 1. The Morgan fingerprint density at radius 1 is 1.10 bits per heavy atom. The summed E-state index contributed by atoms with van der Waals surface area (Å²) in [5, 5.41) is 0. The number of carbonyl (C=O) groups is 1. The third kappa shape index (κ3) is 7.98. The van der Waals surface area contributed by atoms with E-state index in [9.17, 15) is 4.79 Å². The predicted molar refractivity (Wildman–Crippen MR) is 88.7 cm³/mol. The van der Waals surface area contributed by atoms with E-state index in [1.165, 1.54) is 11.1 Å². The lowest BCUT2D eigenvalue weighted by atomic mass is 9.94. The molecule has 0 saturated heterocycles. The van der Waals surface area contributed by atoms with E-state index in [1.54, 1.807) is 6.08 Å². The Labute approximate surface area is 125 Å². The van der Waals surface area contributed by atoms with Crippen molar-refractivity contribution in [1.82, 2.24) is 4.90 Å². The first-order valence-electron chi connectivity index (χ1n) is 7.37. The molecule has 0 aliphatic heterocycles. The van der Waals surface area contributed by atoms with Crippen LogP contribution in [-0.4, -0.2) is 23.9 Å². The molecule has 0 radical (unpaired) electrons. The van der Waals surface area contributed by atoms with Gasteiger partial charge in [-0.2, -0.15) is 0 Å². The van der Waals surface area contributed by atoms with Gasteiger partial charge in [-0.15, -0.1) is 6.58 Å². The fourth-order valence-corrected chi connectivity index (χ4v) is 1.83. The van der Waals surface area contributed by atoms with Crippen LogP contribution in [0.5, 0.6) is 0 Å². The zero-order valence-corrected chi connectivity index (χ0v) is 14.1. The molecule has 0 aliphatic carbocycles. The van der Waals surface area contributed by atoms with Crippen LogP contribution in [0.3, 0.4) is 0 Å². The fourth-order valence-electron chi connectivity index (χ4n) is 1.83. The number of hydrogen-bond acceptors (Lipinski definition) is 1. The molecule has 20 heavy (non-hydrogen) atoms. The number of amides is 1. The van der Waals surface area contributed by atoms with Crippen LogP contribution in [0, 0.1) is 5.41 Å². The van der Waals surface area contributed by atoms with Crippen LogP contribution in [0.2, 0.25) is 0 Å². The molecule has 0 fully saturated rings. The van der Waals surface area contributed by atoms with Gasteiger partial charge in [0, 0.05) is 18.5 Å². The third-order valence-corrected chi connectivity index (χ3v) is 3.03. The summed E-state index contributed by atoms with van der Waals surface area (Å²) in [6.07, 6.45) is 8.32. The highest BCUT2D eigenvalue weighted by Gasteiger charge is 2.25. The van der Waals surface area contributed by atoms with Gasteiger partial charge in [0.25, 0.3) is 0 Å². The molecular formula is C18H31NO. The van der Waals surface area contributed by atoms with Crippen molar-refractivity contribution in [3.05, 3.63) is 36.0 Å². The minimum atomic E-state index is -0.340. The second kappa shape index (κ2) is 8.78. The third-order valence-electron chi connectivity index (χ3n) is 3.03. The van der Waals surface area contributed by atoms with Crippen molar-refractivity contribution in [3.63, 3.8) is 0 Å². The first kappa shape index (κ1) is 18.7. The lowest BCUT2D eigenvalue weighted by molar-refractivity contribution is -0.138. The highest BCUT2D eigenvalue weighted by atomic mass is 16.2. The molecule has 0 aromatic heterocycles. The van der Waals surface area contributed by atoms with E-state index in [-0.39, 0.29) is 11.3 Å². The number of rotatable bonds is 7. The Hall–Kier alpha value is -1.31. The maximum absolute atomic E-state index is 12.3. The van der Waals surface area contributed by atoms with Crippen LogP contribution in [0.4, 0.5) is 0 Å². The Bertz CT molecular complexity index is 379. The number of hydrogen-bond donors (Lipinski definition) is 0. The van der Waals surface area contributed by atoms with E-state index >= 15 is 0 Å². The van der Waals surface area contributed by atoms with Gasteiger partial charge in [-0.1, -0.05) is 50.1 Å². The molecule has 1 amide bonds. The summed E-state index contributed by atoms with van der Waals surface area (Å²) in [7, 11) is 0. The first-order valence-corrected chi connectivity index (χ1v) is 7.37. The van der Waals surface area contributed by atoms with E-state index < -0.39 is 0 Å². The lowest BCUT2D eigenvalue weighted by Gasteiger charge is -2.28. The van der Waals surface area contributed by atoms with Crippen molar-refractivity contribution in [3.8, 4) is 0 Å². The fraction of sp³-hybridized carbons (Fsp3) is 0.611. The maximum Gasteiger partial charge on any atom is 0.228 e. The Morgan fingerprint density at radius 2 is 1.70 bits per heavy atom. The minimum absolute atomic E-state index is 0.172. The van der Waals surface area contributed by atoms with Crippen molar-refractivity contribution < 1.29 is 4.79 Å². The zero-order valence-electron chi connectivity index (χ0n) is 14.1. The summed E-state index contributed by atoms with van der Waals surface area (Å²) in [5.74, 6) is 0.172. The van der Waals surface area contributed by atoms with Crippen molar-refractivity contribution in [2.24, 2.45) is 5.41 Å². The topological polar surface area (TPSA) is 20.3 Å². The van der Waals surface area contributed by atoms with Crippen molar-refractivity contribution in [1.29, 1.82) is 0 Å². The van der Waals surface area contributed by atoms with Gasteiger partial charge in [-0.3, -0.25) is 4.79 Å². The molecule has 0 aromatic carbocycles. The molecule has 0 bridgehead atoms. The molecule has 0 saturated carbocycles. The second-order valence-corrected chi connectivity index (χ2v) is 6.62. The molecule has 0 heterocycles. The lowest BCUT2D eigenvalue weighted by Crippen LogP contribution is -2.39. The minimum Gasteiger partial charge on any atom is -0.335 e. The summed E-state index contributed by atoms with van der Waals surface area (Å²) in [5.41, 5.74) is 2.35. The Kier molecular flexibility index (Phi) is 8.21. The van der Waals surface area contributed by atoms with Gasteiger partial charge in [0.1, 0.15) is 0 Å². The summed E-state index contributed by atoms with van der Waals surface area (Å²) >= 11 is 0. The van der Waals surface area contributed by atoms with Crippen LogP contribution < -0.4 is 0 Å². The van der Waals surface area contributed by atoms with Gasteiger partial charge in [0.05, 0.1) is 0 Å². The summed E-state index contributed by atoms with van der Waals surface area (Å²) in [4.78, 5) is 14.2. The highest BCUT2D eigenvalue weighted by Crippen LogP contribution is 2.17. The van der Waals surface area contributed by atoms with E-state index in [0.717, 1.165) is 12.8 Å². The van der Waals surface area contributed by atoms with Crippen molar-refractivity contribution >= 4 is 5.91 Å². The van der Waals surface area contributed by atoms with E-state index in [2.05, 4.69) is 39.5 Å². The molecule has 0 aliphatic rings. The van der Waals surface area contributed by atoms with Crippen LogP contribution in [0.25, 0.3) is 0 Å². The normalized spacial score (nSPS) is 12.0. The van der Waals surface area contributed by atoms with Gasteiger partial charge in [0.2, 0.25) is 5.91 Å². The van der Waals surface area contributed by atoms with Gasteiger partial charge in [-0.05, 0) is 33.6 Å². The average Bonchev–Trinajstić information content (AvgIpc) is 2.32. The smallest absolute Gasteiger partial charge is 0.228 e. The largest absolute Gasteiger partial charge is 0.335 e. The van der Waals surface area contributed by atoms with Crippen molar-refractivity contribution in [2.75, 3.05) is 13.1 Å². The predicted octanol–water partition coefficient (Wildman–Crippen LogP) is 4.74. The van der Waals surface area contributed by atoms with Gasteiger partial charge in [0.15, 0.2) is 0 Å². The highest BCUT2D eigenvalue weighted by molar-refractivity contribution is 5.81. The number of carbonyl (C=O) groups excluding carboxylic acids is 1. The van der Waals surface area contributed by atoms with Gasteiger partial charge < -0.3 is 4.90 Å². The molecule has 0 aromatic rings. The van der Waals surface area contributed by atoms with Gasteiger partial charge in [-0.25, -0.2) is 0 Å². The summed E-state index contributed by atoms with van der Waals surface area (Å²) in [6, 6.07) is 0. The van der Waals surface area contributed by atoms with Crippen LogP contribution in [-0.2, 0) is 4.79 Å². The van der Waals surface area contributed by atoms with Crippen LogP contribution >= 0.6 is 0 Å². The molecule has 0 rings (SSSR count). The molecule has 0 atom stereocenters. The van der Waals surface area contributed by atoms with E-state index in [0.29, 0.717) is 13.1 Å². The van der Waals surface area contributed by atoms with E-state index in [4.69, 9.17) is 0 Å². The monoisotopic (exact) mass is 277 g/mol. The van der Waals surface area contributed by atoms with Crippen LogP contribution in [0.15, 0.2) is 36.0 Å². The second-order valence-electron chi connectivity index (χ2n) is 6.62. The van der Waals surface area contributed by atoms with E-state index in [1.807, 2.05) is 25.7 Å². The molecule has 2 nitrogen and oxygen atoms in total. The first-order chi connectivity index (χ1) is 9.18. The Morgan fingerprint density at radius 3 is 2.15 bits per heavy atom. The van der Waals surface area contributed by atoms with Gasteiger partial charge >= 0.3 is 0 Å². The number of allylic oxidation sites excluding steroid dienone is 3. The van der Waals surface area contributed by atoms with Crippen molar-refractivity contribution in [2.45, 2.75) is 54.4 Å². The molecule has 0 spiro atoms. The van der Waals surface area contributed by atoms with Crippen LogP contribution in [0.1, 0.15) is 54.4 Å². The Balaban J connectivity index is 4.57. The standard InChI is InChI=1S/C18H31NO/c1-8-13-19(17(20)18(5,6)7)14-12-16(4)11-9-10-15(2)3/h8,10,12H,1,9,11,13-14H2,2-7H3/b16-12-. The molecule has 2 heteroatoms. The quantitative estimate of drug-likeness (QED) is 0.615.